The van der Waals surface area contributed by atoms with Crippen molar-refractivity contribution in [3.05, 3.63) is 53.9 Å². The zero-order valence-electron chi connectivity index (χ0n) is 14.7. The minimum Gasteiger partial charge on any atom is -0.348 e. The molecular formula is C19H23N3O3S. The van der Waals surface area contributed by atoms with Crippen LogP contribution >= 0.6 is 0 Å². The number of hydrogen-bond acceptors (Lipinski definition) is 4. The van der Waals surface area contributed by atoms with E-state index in [4.69, 9.17) is 0 Å². The van der Waals surface area contributed by atoms with Crippen molar-refractivity contribution in [1.29, 1.82) is 0 Å². The molecule has 0 saturated heterocycles. The predicted octanol–water partition coefficient (Wildman–Crippen LogP) is 3.25. The van der Waals surface area contributed by atoms with E-state index in [1.54, 1.807) is 24.3 Å². The summed E-state index contributed by atoms with van der Waals surface area (Å²) in [6, 6.07) is 9.75. The van der Waals surface area contributed by atoms with Gasteiger partial charge in [-0.25, -0.2) is 8.42 Å². The molecule has 1 aliphatic rings. The number of sulfonamides is 1. The fourth-order valence-electron chi connectivity index (χ4n) is 3.06. The quantitative estimate of drug-likeness (QED) is 0.842. The van der Waals surface area contributed by atoms with Crippen molar-refractivity contribution in [3.63, 3.8) is 0 Å². The number of carbonyl (C=O) groups is 1. The maximum atomic E-state index is 12.5. The third kappa shape index (κ3) is 4.60. The molecule has 0 aliphatic heterocycles. The Labute approximate surface area is 154 Å². The van der Waals surface area contributed by atoms with Gasteiger partial charge in [0.2, 0.25) is 0 Å². The Hall–Kier alpha value is -2.41. The van der Waals surface area contributed by atoms with Crippen LogP contribution in [0.2, 0.25) is 0 Å². The zero-order chi connectivity index (χ0) is 18.6. The SMILES string of the molecule is Cc1ccc(S(=O)(=O)Nc2ccnc(C(=O)NC3CCCCC3)c2)cc1. The van der Waals surface area contributed by atoms with E-state index in [0.29, 0.717) is 5.69 Å². The minimum atomic E-state index is -3.71. The number of pyridine rings is 1. The molecule has 26 heavy (non-hydrogen) atoms. The first-order valence-corrected chi connectivity index (χ1v) is 10.3. The monoisotopic (exact) mass is 373 g/mol. The van der Waals surface area contributed by atoms with Crippen molar-refractivity contribution < 1.29 is 13.2 Å². The molecule has 0 atom stereocenters. The number of anilines is 1. The zero-order valence-corrected chi connectivity index (χ0v) is 15.6. The Balaban J connectivity index is 1.72. The molecule has 138 valence electrons. The lowest BCUT2D eigenvalue weighted by molar-refractivity contribution is 0.0922. The number of aromatic nitrogens is 1. The molecule has 0 radical (unpaired) electrons. The van der Waals surface area contributed by atoms with Crippen LogP contribution in [0.5, 0.6) is 0 Å². The molecule has 2 N–H and O–H groups in total. The summed E-state index contributed by atoms with van der Waals surface area (Å²) in [6.07, 6.45) is 6.84. The van der Waals surface area contributed by atoms with Crippen LogP contribution in [0.1, 0.15) is 48.2 Å². The normalized spacial score (nSPS) is 15.4. The van der Waals surface area contributed by atoms with Gasteiger partial charge in [0.15, 0.2) is 0 Å². The average Bonchev–Trinajstić information content (AvgIpc) is 2.63. The third-order valence-electron chi connectivity index (χ3n) is 4.52. The second-order valence-electron chi connectivity index (χ2n) is 6.66. The highest BCUT2D eigenvalue weighted by molar-refractivity contribution is 7.92. The van der Waals surface area contributed by atoms with E-state index in [9.17, 15) is 13.2 Å². The van der Waals surface area contributed by atoms with Crippen LogP contribution < -0.4 is 10.0 Å². The Morgan fingerprint density at radius 3 is 2.46 bits per heavy atom. The lowest BCUT2D eigenvalue weighted by Gasteiger charge is -2.22. The highest BCUT2D eigenvalue weighted by Gasteiger charge is 2.19. The maximum Gasteiger partial charge on any atom is 0.270 e. The first-order chi connectivity index (χ1) is 12.4. The highest BCUT2D eigenvalue weighted by atomic mass is 32.2. The number of aryl methyl sites for hydroxylation is 1. The number of carbonyl (C=O) groups excluding carboxylic acids is 1. The fourth-order valence-corrected chi connectivity index (χ4v) is 4.11. The molecule has 1 aromatic heterocycles. The van der Waals surface area contributed by atoms with Crippen molar-refractivity contribution in [2.45, 2.75) is 50.0 Å². The molecule has 7 heteroatoms. The van der Waals surface area contributed by atoms with E-state index in [1.165, 1.54) is 24.8 Å². The summed E-state index contributed by atoms with van der Waals surface area (Å²) in [7, 11) is -3.71. The Kier molecular flexibility index (Phi) is 5.56. The van der Waals surface area contributed by atoms with Crippen molar-refractivity contribution in [1.82, 2.24) is 10.3 Å². The van der Waals surface area contributed by atoms with Gasteiger partial charge in [0.1, 0.15) is 5.69 Å². The molecule has 0 unspecified atom stereocenters. The first-order valence-electron chi connectivity index (χ1n) is 8.80. The third-order valence-corrected chi connectivity index (χ3v) is 5.91. The first kappa shape index (κ1) is 18.4. The van der Waals surface area contributed by atoms with Gasteiger partial charge in [0, 0.05) is 12.2 Å². The number of nitrogens with one attached hydrogen (secondary N) is 2. The molecule has 1 aliphatic carbocycles. The van der Waals surface area contributed by atoms with Crippen molar-refractivity contribution in [3.8, 4) is 0 Å². The molecule has 1 amide bonds. The van der Waals surface area contributed by atoms with Gasteiger partial charge in [-0.05, 0) is 44.0 Å². The number of amides is 1. The smallest absolute Gasteiger partial charge is 0.270 e. The summed E-state index contributed by atoms with van der Waals surface area (Å²) in [6.45, 7) is 1.89. The van der Waals surface area contributed by atoms with Crippen LogP contribution in [0.3, 0.4) is 0 Å². The Bertz CT molecular complexity index is 873. The van der Waals surface area contributed by atoms with Gasteiger partial charge in [-0.2, -0.15) is 0 Å². The summed E-state index contributed by atoms with van der Waals surface area (Å²) in [5.74, 6) is -0.270. The van der Waals surface area contributed by atoms with Gasteiger partial charge in [0.25, 0.3) is 15.9 Å². The summed E-state index contributed by atoms with van der Waals surface area (Å²) < 4.78 is 27.5. The van der Waals surface area contributed by atoms with Gasteiger partial charge in [-0.1, -0.05) is 37.0 Å². The van der Waals surface area contributed by atoms with Crippen LogP contribution in [0.15, 0.2) is 47.5 Å². The molecule has 0 bridgehead atoms. The van der Waals surface area contributed by atoms with Gasteiger partial charge in [0.05, 0.1) is 10.6 Å². The maximum absolute atomic E-state index is 12.5. The molecule has 1 aromatic carbocycles. The van der Waals surface area contributed by atoms with E-state index in [0.717, 1.165) is 31.2 Å². The summed E-state index contributed by atoms with van der Waals surface area (Å²) in [4.78, 5) is 16.6. The summed E-state index contributed by atoms with van der Waals surface area (Å²) >= 11 is 0. The largest absolute Gasteiger partial charge is 0.348 e. The number of rotatable bonds is 5. The van der Waals surface area contributed by atoms with E-state index in [1.807, 2.05) is 6.92 Å². The van der Waals surface area contributed by atoms with Gasteiger partial charge in [-0.15, -0.1) is 0 Å². The molecule has 1 fully saturated rings. The highest BCUT2D eigenvalue weighted by Crippen LogP contribution is 2.19. The molecule has 3 rings (SSSR count). The summed E-state index contributed by atoms with van der Waals surface area (Å²) in [5.41, 5.74) is 1.50. The summed E-state index contributed by atoms with van der Waals surface area (Å²) in [5, 5.41) is 2.98. The Morgan fingerprint density at radius 1 is 1.08 bits per heavy atom. The van der Waals surface area contributed by atoms with E-state index in [2.05, 4.69) is 15.0 Å². The standard InChI is InChI=1S/C19H23N3O3S/c1-14-7-9-17(10-8-14)26(24,25)22-16-11-12-20-18(13-16)19(23)21-15-5-3-2-4-6-15/h7-13,15H,2-6H2,1H3,(H,20,22)(H,21,23). The van der Waals surface area contributed by atoms with Crippen LogP contribution in [0.25, 0.3) is 0 Å². The Morgan fingerprint density at radius 2 is 1.77 bits per heavy atom. The van der Waals surface area contributed by atoms with Crippen molar-refractivity contribution in [2.24, 2.45) is 0 Å². The molecule has 6 nitrogen and oxygen atoms in total. The van der Waals surface area contributed by atoms with Crippen LogP contribution in [-0.4, -0.2) is 25.4 Å². The lowest BCUT2D eigenvalue weighted by atomic mass is 9.95. The molecule has 2 aromatic rings. The van der Waals surface area contributed by atoms with Crippen LogP contribution in [0.4, 0.5) is 5.69 Å². The number of nitrogens with zero attached hydrogens (tertiary/aromatic N) is 1. The molecular weight excluding hydrogens is 350 g/mol. The fraction of sp³-hybridized carbons (Fsp3) is 0.368. The second kappa shape index (κ2) is 7.86. The van der Waals surface area contributed by atoms with Crippen molar-refractivity contribution in [2.75, 3.05) is 4.72 Å². The topological polar surface area (TPSA) is 88.2 Å². The van der Waals surface area contributed by atoms with E-state index in [-0.39, 0.29) is 22.5 Å². The predicted molar refractivity (Wildman–Crippen MR) is 101 cm³/mol. The van der Waals surface area contributed by atoms with Gasteiger partial charge in [-0.3, -0.25) is 14.5 Å². The van der Waals surface area contributed by atoms with E-state index < -0.39 is 10.0 Å². The molecule has 1 saturated carbocycles. The van der Waals surface area contributed by atoms with Crippen LogP contribution in [-0.2, 0) is 10.0 Å². The number of benzene rings is 1. The van der Waals surface area contributed by atoms with Gasteiger partial charge < -0.3 is 5.32 Å². The van der Waals surface area contributed by atoms with Gasteiger partial charge >= 0.3 is 0 Å². The molecule has 0 spiro atoms. The lowest BCUT2D eigenvalue weighted by Crippen LogP contribution is -2.36. The second-order valence-corrected chi connectivity index (χ2v) is 8.34. The van der Waals surface area contributed by atoms with E-state index >= 15 is 0 Å². The number of hydrogen-bond donors (Lipinski definition) is 2. The minimum absolute atomic E-state index is 0.172. The molecule has 1 heterocycles. The average molecular weight is 373 g/mol. The van der Waals surface area contributed by atoms with Crippen LogP contribution in [0, 0.1) is 6.92 Å². The van der Waals surface area contributed by atoms with Crippen molar-refractivity contribution >= 4 is 21.6 Å².